The van der Waals surface area contributed by atoms with Crippen LogP contribution in [0, 0.1) is 11.3 Å². The molecule has 1 atom stereocenters. The molecule has 7 heteroatoms. The van der Waals surface area contributed by atoms with Gasteiger partial charge in [0.25, 0.3) is 0 Å². The molecular formula is C17H24ClN3O3. The first kappa shape index (κ1) is 17.3. The van der Waals surface area contributed by atoms with Gasteiger partial charge in [0.05, 0.1) is 6.61 Å². The molecule has 1 saturated carbocycles. The zero-order valence-electron chi connectivity index (χ0n) is 14.4. The Kier molecular flexibility index (Phi) is 4.60. The van der Waals surface area contributed by atoms with Crippen LogP contribution in [0.3, 0.4) is 0 Å². The molecule has 0 N–H and O–H groups in total. The molecule has 1 aromatic rings. The predicted molar refractivity (Wildman–Crippen MR) is 90.1 cm³/mol. The van der Waals surface area contributed by atoms with E-state index in [4.69, 9.17) is 21.1 Å². The average molecular weight is 354 g/mol. The number of amides is 1. The van der Waals surface area contributed by atoms with Crippen LogP contribution in [0.15, 0.2) is 12.1 Å². The van der Waals surface area contributed by atoms with Gasteiger partial charge in [0, 0.05) is 19.2 Å². The van der Waals surface area contributed by atoms with E-state index in [1.54, 1.807) is 12.1 Å². The minimum Gasteiger partial charge on any atom is -0.476 e. The number of rotatable bonds is 3. The van der Waals surface area contributed by atoms with Crippen molar-refractivity contribution in [1.82, 2.24) is 15.1 Å². The lowest BCUT2D eigenvalue weighted by Crippen LogP contribution is -2.42. The highest BCUT2D eigenvalue weighted by molar-refractivity contribution is 6.29. The van der Waals surface area contributed by atoms with Gasteiger partial charge in [0.15, 0.2) is 5.15 Å². The lowest BCUT2D eigenvalue weighted by molar-refractivity contribution is 0.0161. The Morgan fingerprint density at radius 1 is 1.33 bits per heavy atom. The molecule has 1 aromatic heterocycles. The number of halogens is 1. The molecule has 2 fully saturated rings. The second kappa shape index (κ2) is 6.39. The number of aromatic nitrogens is 2. The molecule has 24 heavy (non-hydrogen) atoms. The minimum atomic E-state index is -0.443. The van der Waals surface area contributed by atoms with Gasteiger partial charge in [-0.15, -0.1) is 10.2 Å². The summed E-state index contributed by atoms with van der Waals surface area (Å²) in [5.41, 5.74) is -0.125. The maximum atomic E-state index is 12.1. The number of nitrogens with zero attached hydrogens (tertiary/aromatic N) is 3. The fourth-order valence-corrected chi connectivity index (χ4v) is 3.41. The summed E-state index contributed by atoms with van der Waals surface area (Å²) in [6.45, 7) is 7.83. The summed E-state index contributed by atoms with van der Waals surface area (Å²) >= 11 is 5.71. The smallest absolute Gasteiger partial charge is 0.410 e. The molecular weight excluding hydrogens is 330 g/mol. The van der Waals surface area contributed by atoms with E-state index in [2.05, 4.69) is 10.2 Å². The summed E-state index contributed by atoms with van der Waals surface area (Å²) in [5, 5.41) is 8.04. The van der Waals surface area contributed by atoms with Crippen LogP contribution in [0.2, 0.25) is 5.15 Å². The van der Waals surface area contributed by atoms with Crippen LogP contribution in [0.5, 0.6) is 5.88 Å². The van der Waals surface area contributed by atoms with E-state index in [9.17, 15) is 4.79 Å². The van der Waals surface area contributed by atoms with Gasteiger partial charge in [-0.05, 0) is 57.4 Å². The van der Waals surface area contributed by atoms with Crippen LogP contribution in [0.4, 0.5) is 4.79 Å². The minimum absolute atomic E-state index is 0.206. The standard InChI is InChI=1S/C17H24ClN3O3/c1-16(2,3)24-15(22)21-8-6-17(7-9-21)10-12(17)11-23-14-5-4-13(18)19-20-14/h4-5,12H,6-11H2,1-3H3. The molecule has 1 amide bonds. The number of carbonyl (C=O) groups excluding carboxylic acids is 1. The molecule has 0 radical (unpaired) electrons. The van der Waals surface area contributed by atoms with E-state index in [-0.39, 0.29) is 6.09 Å². The van der Waals surface area contributed by atoms with E-state index < -0.39 is 5.60 Å². The summed E-state index contributed by atoms with van der Waals surface area (Å²) in [5.74, 6) is 1.03. The van der Waals surface area contributed by atoms with Gasteiger partial charge in [0.2, 0.25) is 5.88 Å². The van der Waals surface area contributed by atoms with Gasteiger partial charge in [-0.2, -0.15) is 0 Å². The van der Waals surface area contributed by atoms with Crippen LogP contribution >= 0.6 is 11.6 Å². The Balaban J connectivity index is 1.44. The van der Waals surface area contributed by atoms with Crippen molar-refractivity contribution in [2.24, 2.45) is 11.3 Å². The second-order valence-electron chi connectivity index (χ2n) is 7.74. The third-order valence-electron chi connectivity index (χ3n) is 4.81. The summed E-state index contributed by atoms with van der Waals surface area (Å²) in [6, 6.07) is 3.40. The third-order valence-corrected chi connectivity index (χ3v) is 5.01. The molecule has 132 valence electrons. The first-order valence-electron chi connectivity index (χ1n) is 8.37. The van der Waals surface area contributed by atoms with Crippen molar-refractivity contribution in [2.45, 2.75) is 45.6 Å². The van der Waals surface area contributed by atoms with E-state index in [0.29, 0.717) is 29.0 Å². The monoisotopic (exact) mass is 353 g/mol. The molecule has 1 saturated heterocycles. The maximum absolute atomic E-state index is 12.1. The largest absolute Gasteiger partial charge is 0.476 e. The molecule has 0 aromatic carbocycles. The van der Waals surface area contributed by atoms with E-state index >= 15 is 0 Å². The molecule has 2 aliphatic rings. The highest BCUT2D eigenvalue weighted by atomic mass is 35.5. The Bertz CT molecular complexity index is 592. The Morgan fingerprint density at radius 2 is 2.04 bits per heavy atom. The molecule has 1 spiro atoms. The number of likely N-dealkylation sites (tertiary alicyclic amines) is 1. The first-order chi connectivity index (χ1) is 11.3. The predicted octanol–water partition coefficient (Wildman–Crippen LogP) is 3.55. The van der Waals surface area contributed by atoms with Gasteiger partial charge < -0.3 is 14.4 Å². The van der Waals surface area contributed by atoms with Crippen molar-refractivity contribution in [1.29, 1.82) is 0 Å². The van der Waals surface area contributed by atoms with E-state index in [1.165, 1.54) is 0 Å². The summed E-state index contributed by atoms with van der Waals surface area (Å²) in [4.78, 5) is 13.9. The zero-order valence-corrected chi connectivity index (χ0v) is 15.2. The van der Waals surface area contributed by atoms with Crippen molar-refractivity contribution in [3.8, 4) is 5.88 Å². The van der Waals surface area contributed by atoms with Gasteiger partial charge >= 0.3 is 6.09 Å². The van der Waals surface area contributed by atoms with Gasteiger partial charge in [-0.1, -0.05) is 11.6 Å². The second-order valence-corrected chi connectivity index (χ2v) is 8.12. The first-order valence-corrected chi connectivity index (χ1v) is 8.75. The molecule has 3 rings (SSSR count). The quantitative estimate of drug-likeness (QED) is 0.831. The van der Waals surface area contributed by atoms with Crippen LogP contribution in [0.1, 0.15) is 40.0 Å². The molecule has 1 unspecified atom stereocenters. The summed E-state index contributed by atoms with van der Waals surface area (Å²) in [6.07, 6.45) is 2.96. The lowest BCUT2D eigenvalue weighted by Gasteiger charge is -2.34. The van der Waals surface area contributed by atoms with Gasteiger partial charge in [-0.25, -0.2) is 4.79 Å². The molecule has 6 nitrogen and oxygen atoms in total. The average Bonchev–Trinajstić information content (AvgIpc) is 3.18. The molecule has 2 heterocycles. The van der Waals surface area contributed by atoms with Crippen LogP contribution in [0.25, 0.3) is 0 Å². The normalized spacial score (nSPS) is 22.3. The lowest BCUT2D eigenvalue weighted by atomic mass is 9.91. The van der Waals surface area contributed by atoms with Crippen molar-refractivity contribution >= 4 is 17.7 Å². The van der Waals surface area contributed by atoms with Crippen molar-refractivity contribution in [3.63, 3.8) is 0 Å². The van der Waals surface area contributed by atoms with Gasteiger partial charge in [-0.3, -0.25) is 0 Å². The highest BCUT2D eigenvalue weighted by Crippen LogP contribution is 2.59. The maximum Gasteiger partial charge on any atom is 0.410 e. The number of hydrogen-bond donors (Lipinski definition) is 0. The molecule has 0 bridgehead atoms. The molecule has 1 aliphatic carbocycles. The number of carbonyl (C=O) groups is 1. The van der Waals surface area contributed by atoms with Crippen LogP contribution in [-0.2, 0) is 4.74 Å². The van der Waals surface area contributed by atoms with Crippen LogP contribution in [-0.4, -0.2) is 46.5 Å². The zero-order chi connectivity index (χ0) is 17.4. The number of ether oxygens (including phenoxy) is 2. The van der Waals surface area contributed by atoms with Crippen molar-refractivity contribution in [2.75, 3.05) is 19.7 Å². The number of hydrogen-bond acceptors (Lipinski definition) is 5. The topological polar surface area (TPSA) is 64.5 Å². The van der Waals surface area contributed by atoms with Gasteiger partial charge in [0.1, 0.15) is 5.60 Å². The Labute approximate surface area is 147 Å². The Morgan fingerprint density at radius 3 is 2.62 bits per heavy atom. The van der Waals surface area contributed by atoms with Crippen molar-refractivity contribution in [3.05, 3.63) is 17.3 Å². The fraction of sp³-hybridized carbons (Fsp3) is 0.706. The van der Waals surface area contributed by atoms with E-state index in [0.717, 1.165) is 32.4 Å². The fourth-order valence-electron chi connectivity index (χ4n) is 3.31. The van der Waals surface area contributed by atoms with Crippen LogP contribution < -0.4 is 4.74 Å². The summed E-state index contributed by atoms with van der Waals surface area (Å²) in [7, 11) is 0. The van der Waals surface area contributed by atoms with E-state index in [1.807, 2.05) is 25.7 Å². The number of piperidine rings is 1. The molecule has 1 aliphatic heterocycles. The Hall–Kier alpha value is -1.56. The third kappa shape index (κ3) is 4.09. The van der Waals surface area contributed by atoms with Crippen molar-refractivity contribution < 1.29 is 14.3 Å². The summed E-state index contributed by atoms with van der Waals surface area (Å²) < 4.78 is 11.2. The highest BCUT2D eigenvalue weighted by Gasteiger charge is 2.55. The SMILES string of the molecule is CC(C)(C)OC(=O)N1CCC2(CC1)CC2COc1ccc(Cl)nn1.